The average Bonchev–Trinajstić information content (AvgIpc) is 2.87. The quantitative estimate of drug-likeness (QED) is 0.204. The van der Waals surface area contributed by atoms with Crippen LogP contribution >= 0.6 is 0 Å². The zero-order chi connectivity index (χ0) is 26.0. The first-order valence-electron chi connectivity index (χ1n) is 11.5. The lowest BCUT2D eigenvalue weighted by molar-refractivity contribution is 0.0888. The fraction of sp³-hybridized carbons (Fsp3) is 0.308. The van der Waals surface area contributed by atoms with Gasteiger partial charge in [-0.2, -0.15) is 0 Å². The van der Waals surface area contributed by atoms with Crippen molar-refractivity contribution in [3.8, 4) is 11.5 Å². The van der Waals surface area contributed by atoms with Gasteiger partial charge in [0.15, 0.2) is 0 Å². The Labute approximate surface area is 211 Å². The van der Waals surface area contributed by atoms with Crippen LogP contribution in [0.1, 0.15) is 28.4 Å². The molecule has 36 heavy (non-hydrogen) atoms. The SMILES string of the molecule is NS(=O)(=O)c1cccc(COCCOc2ccc(CCNC[C@H](O)c3ccc(O)c(CO)c3)cc2)c1. The minimum absolute atomic E-state index is 0.00879. The summed E-state index contributed by atoms with van der Waals surface area (Å²) in [6, 6.07) is 18.7. The highest BCUT2D eigenvalue weighted by molar-refractivity contribution is 7.89. The average molecular weight is 517 g/mol. The third kappa shape index (κ3) is 8.59. The maximum Gasteiger partial charge on any atom is 0.238 e. The van der Waals surface area contributed by atoms with Crippen LogP contribution in [0, 0.1) is 0 Å². The van der Waals surface area contributed by atoms with E-state index in [4.69, 9.17) is 14.6 Å². The molecule has 3 aromatic rings. The largest absolute Gasteiger partial charge is 0.508 e. The number of sulfonamides is 1. The molecule has 0 fully saturated rings. The summed E-state index contributed by atoms with van der Waals surface area (Å²) in [7, 11) is -3.74. The Bertz CT molecular complexity index is 1220. The Hall–Kier alpha value is -2.99. The van der Waals surface area contributed by atoms with Crippen LogP contribution in [0.5, 0.6) is 11.5 Å². The van der Waals surface area contributed by atoms with E-state index in [-0.39, 0.29) is 23.9 Å². The molecular weight excluding hydrogens is 484 g/mol. The number of rotatable bonds is 14. The molecule has 0 aromatic heterocycles. The lowest BCUT2D eigenvalue weighted by atomic mass is 10.1. The number of aliphatic hydroxyl groups excluding tert-OH is 2. The lowest BCUT2D eigenvalue weighted by Crippen LogP contribution is -2.23. The molecule has 194 valence electrons. The zero-order valence-electron chi connectivity index (χ0n) is 19.8. The first kappa shape index (κ1) is 27.6. The first-order valence-corrected chi connectivity index (χ1v) is 13.0. The predicted octanol–water partition coefficient (Wildman–Crippen LogP) is 1.99. The summed E-state index contributed by atoms with van der Waals surface area (Å²) in [6.07, 6.45) is 0.0251. The minimum atomic E-state index is -3.74. The van der Waals surface area contributed by atoms with Crippen molar-refractivity contribution in [3.05, 3.63) is 89.0 Å². The van der Waals surface area contributed by atoms with Crippen molar-refractivity contribution in [1.82, 2.24) is 5.32 Å². The van der Waals surface area contributed by atoms with Crippen molar-refractivity contribution in [2.24, 2.45) is 5.14 Å². The van der Waals surface area contributed by atoms with E-state index in [2.05, 4.69) is 5.32 Å². The molecule has 0 bridgehead atoms. The van der Waals surface area contributed by atoms with Gasteiger partial charge in [0.1, 0.15) is 18.1 Å². The number of hydrogen-bond acceptors (Lipinski definition) is 8. The summed E-state index contributed by atoms with van der Waals surface area (Å²) in [5, 5.41) is 37.5. The van der Waals surface area contributed by atoms with Crippen molar-refractivity contribution in [2.75, 3.05) is 26.3 Å². The molecule has 6 N–H and O–H groups in total. The van der Waals surface area contributed by atoms with Gasteiger partial charge in [-0.05, 0) is 66.1 Å². The highest BCUT2D eigenvalue weighted by atomic mass is 32.2. The Kier molecular flexibility index (Phi) is 10.2. The first-order chi connectivity index (χ1) is 17.3. The van der Waals surface area contributed by atoms with E-state index in [1.807, 2.05) is 24.3 Å². The van der Waals surface area contributed by atoms with Gasteiger partial charge in [0.05, 0.1) is 30.8 Å². The Morgan fingerprint density at radius 3 is 2.47 bits per heavy atom. The Morgan fingerprint density at radius 2 is 1.75 bits per heavy atom. The van der Waals surface area contributed by atoms with E-state index in [1.54, 1.807) is 24.3 Å². The number of ether oxygens (including phenoxy) is 2. The standard InChI is InChI=1S/C26H32N2O7S/c27-36(32,33)24-3-1-2-20(14-24)18-34-12-13-35-23-7-4-19(5-8-23)10-11-28-16-26(31)21-6-9-25(30)22(15-21)17-29/h1-9,14-15,26,28-31H,10-13,16-18H2,(H2,27,32,33)/t26-/m0/s1. The summed E-state index contributed by atoms with van der Waals surface area (Å²) in [5.74, 6) is 0.725. The molecule has 10 heteroatoms. The summed E-state index contributed by atoms with van der Waals surface area (Å²) in [4.78, 5) is 0.0558. The monoisotopic (exact) mass is 516 g/mol. The number of benzene rings is 3. The molecule has 0 unspecified atom stereocenters. The number of primary sulfonamides is 1. The predicted molar refractivity (Wildman–Crippen MR) is 135 cm³/mol. The summed E-state index contributed by atoms with van der Waals surface area (Å²) >= 11 is 0. The van der Waals surface area contributed by atoms with E-state index < -0.39 is 16.1 Å². The van der Waals surface area contributed by atoms with Crippen LogP contribution in [0.4, 0.5) is 0 Å². The van der Waals surface area contributed by atoms with E-state index >= 15 is 0 Å². The van der Waals surface area contributed by atoms with Crippen molar-refractivity contribution in [1.29, 1.82) is 0 Å². The number of nitrogens with one attached hydrogen (secondary N) is 1. The molecule has 0 saturated heterocycles. The molecular formula is C26H32N2O7S. The molecule has 0 amide bonds. The third-order valence-corrected chi connectivity index (χ3v) is 6.41. The highest BCUT2D eigenvalue weighted by Crippen LogP contribution is 2.22. The van der Waals surface area contributed by atoms with Crippen molar-refractivity contribution in [3.63, 3.8) is 0 Å². The summed E-state index contributed by atoms with van der Waals surface area (Å²) in [6.45, 7) is 1.68. The normalized spacial score (nSPS) is 12.4. The second-order valence-corrected chi connectivity index (χ2v) is 9.82. The fourth-order valence-electron chi connectivity index (χ4n) is 3.50. The van der Waals surface area contributed by atoms with Gasteiger partial charge in [0.25, 0.3) is 0 Å². The van der Waals surface area contributed by atoms with E-state index in [0.29, 0.717) is 48.7 Å². The number of hydrogen-bond donors (Lipinski definition) is 5. The number of aromatic hydroxyl groups is 1. The molecule has 9 nitrogen and oxygen atoms in total. The van der Waals surface area contributed by atoms with E-state index in [9.17, 15) is 23.7 Å². The summed E-state index contributed by atoms with van der Waals surface area (Å²) in [5.41, 5.74) is 2.84. The van der Waals surface area contributed by atoms with Gasteiger partial charge in [-0.1, -0.05) is 30.3 Å². The van der Waals surface area contributed by atoms with Crippen LogP contribution in [0.3, 0.4) is 0 Å². The molecule has 0 aliphatic carbocycles. The minimum Gasteiger partial charge on any atom is -0.508 e. The van der Waals surface area contributed by atoms with Gasteiger partial charge in [-0.15, -0.1) is 0 Å². The van der Waals surface area contributed by atoms with Gasteiger partial charge >= 0.3 is 0 Å². The third-order valence-electron chi connectivity index (χ3n) is 5.50. The van der Waals surface area contributed by atoms with Crippen LogP contribution in [0.25, 0.3) is 0 Å². The number of aliphatic hydroxyl groups is 2. The van der Waals surface area contributed by atoms with Gasteiger partial charge in [0.2, 0.25) is 10.0 Å². The smallest absolute Gasteiger partial charge is 0.238 e. The molecule has 0 spiro atoms. The molecule has 0 saturated carbocycles. The second-order valence-electron chi connectivity index (χ2n) is 8.25. The van der Waals surface area contributed by atoms with Gasteiger partial charge in [-0.3, -0.25) is 0 Å². The van der Waals surface area contributed by atoms with Crippen molar-refractivity contribution >= 4 is 10.0 Å². The van der Waals surface area contributed by atoms with Crippen molar-refractivity contribution < 1.29 is 33.2 Å². The molecule has 0 aliphatic heterocycles. The van der Waals surface area contributed by atoms with Crippen LogP contribution in [0.15, 0.2) is 71.6 Å². The van der Waals surface area contributed by atoms with Crippen LogP contribution in [-0.4, -0.2) is 50.0 Å². The van der Waals surface area contributed by atoms with E-state index in [1.165, 1.54) is 18.2 Å². The molecule has 3 rings (SSSR count). The Morgan fingerprint density at radius 1 is 0.972 bits per heavy atom. The van der Waals surface area contributed by atoms with Crippen LogP contribution < -0.4 is 15.2 Å². The number of phenols is 1. The lowest BCUT2D eigenvalue weighted by Gasteiger charge is -2.14. The topological polar surface area (TPSA) is 151 Å². The van der Waals surface area contributed by atoms with Crippen LogP contribution in [0.2, 0.25) is 0 Å². The Balaban J connectivity index is 1.32. The molecule has 0 aliphatic rings. The molecule has 3 aromatic carbocycles. The molecule has 0 heterocycles. The second kappa shape index (κ2) is 13.4. The maximum absolute atomic E-state index is 11.4. The summed E-state index contributed by atoms with van der Waals surface area (Å²) < 4.78 is 34.1. The van der Waals surface area contributed by atoms with Gasteiger partial charge in [0, 0.05) is 12.1 Å². The van der Waals surface area contributed by atoms with Crippen LogP contribution in [-0.2, 0) is 34.4 Å². The number of nitrogens with two attached hydrogens (primary N) is 1. The highest BCUT2D eigenvalue weighted by Gasteiger charge is 2.10. The van der Waals surface area contributed by atoms with E-state index in [0.717, 1.165) is 12.0 Å². The van der Waals surface area contributed by atoms with Crippen molar-refractivity contribution in [2.45, 2.75) is 30.6 Å². The molecule has 1 atom stereocenters. The van der Waals surface area contributed by atoms with Gasteiger partial charge < -0.3 is 30.1 Å². The molecule has 0 radical (unpaired) electrons. The zero-order valence-corrected chi connectivity index (χ0v) is 20.7. The van der Waals surface area contributed by atoms with Gasteiger partial charge in [-0.25, -0.2) is 13.6 Å². The maximum atomic E-state index is 11.4. The fourth-order valence-corrected chi connectivity index (χ4v) is 4.09.